The van der Waals surface area contributed by atoms with Crippen LogP contribution in [0, 0.1) is 0 Å². The quantitative estimate of drug-likeness (QED) is 0.692. The number of fused-ring (bicyclic) bond motifs is 1. The van der Waals surface area contributed by atoms with Crippen molar-refractivity contribution in [3.05, 3.63) is 60.7 Å². The third-order valence-corrected chi connectivity index (χ3v) is 11.1. The molecule has 2 N–H and O–H groups in total. The van der Waals surface area contributed by atoms with E-state index < -0.39 is 26.5 Å². The molecule has 5 nitrogen and oxygen atoms in total. The van der Waals surface area contributed by atoms with E-state index in [0.29, 0.717) is 6.42 Å². The van der Waals surface area contributed by atoms with Gasteiger partial charge in [0.15, 0.2) is 12.1 Å². The molecule has 2 fully saturated rings. The predicted octanol–water partition coefficient (Wildman–Crippen LogP) is 2.54. The van der Waals surface area contributed by atoms with Gasteiger partial charge in [0.05, 0.1) is 6.10 Å². The molecule has 0 aromatic heterocycles. The lowest BCUT2D eigenvalue weighted by atomic mass is 10.00. The molecule has 4 rings (SSSR count). The normalized spacial score (nSPS) is 28.5. The van der Waals surface area contributed by atoms with Crippen LogP contribution in [-0.4, -0.2) is 48.6 Å². The lowest BCUT2D eigenvalue weighted by molar-refractivity contribution is -0.220. The average molecular weight is 429 g/mol. The highest BCUT2D eigenvalue weighted by Gasteiger charge is 2.56. The van der Waals surface area contributed by atoms with Crippen LogP contribution in [0.3, 0.4) is 0 Å². The number of ether oxygens (including phenoxy) is 3. The summed E-state index contributed by atoms with van der Waals surface area (Å²) in [6, 6.07) is 20.0. The molecule has 4 atom stereocenters. The van der Waals surface area contributed by atoms with Crippen molar-refractivity contribution in [3.63, 3.8) is 0 Å². The van der Waals surface area contributed by atoms with Crippen LogP contribution in [0.2, 0.25) is 5.04 Å². The van der Waals surface area contributed by atoms with E-state index in [9.17, 15) is 9.90 Å². The largest absolute Gasteiger partial charge is 0.424 e. The second-order valence-corrected chi connectivity index (χ2v) is 13.4. The zero-order valence-corrected chi connectivity index (χ0v) is 19.1. The zero-order valence-electron chi connectivity index (χ0n) is 18.1. The summed E-state index contributed by atoms with van der Waals surface area (Å²) in [6.07, 6.45) is -0.620. The first kappa shape index (κ1) is 21.7. The number of hydrogen-bond donors (Lipinski definition) is 2. The lowest BCUT2D eigenvalue weighted by Gasteiger charge is -2.42. The Morgan fingerprint density at radius 3 is 1.93 bits per heavy atom. The van der Waals surface area contributed by atoms with E-state index in [1.807, 2.05) is 74.5 Å². The van der Waals surface area contributed by atoms with Gasteiger partial charge in [0.2, 0.25) is 0 Å². The van der Waals surface area contributed by atoms with Gasteiger partial charge in [-0.1, -0.05) is 74.5 Å². The second kappa shape index (κ2) is 7.86. The summed E-state index contributed by atoms with van der Waals surface area (Å²) in [5.74, 6) is -0.725. The van der Waals surface area contributed by atoms with Crippen LogP contribution in [0.4, 0.5) is 0 Å². The van der Waals surface area contributed by atoms with Crippen LogP contribution < -0.4 is 10.4 Å². The first-order chi connectivity index (χ1) is 14.1. The highest BCUT2D eigenvalue weighted by atomic mass is 28.4. The van der Waals surface area contributed by atoms with Crippen molar-refractivity contribution >= 4 is 18.7 Å². The first-order valence-corrected chi connectivity index (χ1v) is 12.6. The molecule has 162 valence electrons. The fourth-order valence-electron chi connectivity index (χ4n) is 4.88. The molecular formula is C24H32O5Si. The van der Waals surface area contributed by atoms with Gasteiger partial charge in [-0.3, -0.25) is 0 Å². The number of aliphatic hydroxyl groups is 1. The van der Waals surface area contributed by atoms with Crippen molar-refractivity contribution < 1.29 is 24.1 Å². The van der Waals surface area contributed by atoms with Crippen LogP contribution in [-0.2, 0) is 14.2 Å². The molecule has 0 saturated carbocycles. The topological polar surface area (TPSA) is 68.2 Å². The molecule has 2 heterocycles. The highest BCUT2D eigenvalue weighted by Crippen LogP contribution is 2.44. The SMILES string of the molecule is CC1(C)OC2C(O)O[C@H](CCC(C)(C)[Si](O)(c3ccccc3)c3ccccc3)C2O1. The minimum absolute atomic E-state index is 0.268. The van der Waals surface area contributed by atoms with Crippen molar-refractivity contribution in [3.8, 4) is 0 Å². The smallest absolute Gasteiger partial charge is 0.258 e. The number of rotatable bonds is 6. The third kappa shape index (κ3) is 3.77. The molecular weight excluding hydrogens is 396 g/mol. The van der Waals surface area contributed by atoms with Gasteiger partial charge < -0.3 is 24.1 Å². The highest BCUT2D eigenvalue weighted by molar-refractivity contribution is 6.98. The molecule has 2 aromatic rings. The minimum atomic E-state index is -3.07. The van der Waals surface area contributed by atoms with Gasteiger partial charge in [-0.2, -0.15) is 0 Å². The Morgan fingerprint density at radius 1 is 0.900 bits per heavy atom. The lowest BCUT2D eigenvalue weighted by Crippen LogP contribution is -2.65. The van der Waals surface area contributed by atoms with Gasteiger partial charge in [-0.25, -0.2) is 0 Å². The molecule has 0 amide bonds. The molecule has 0 aliphatic carbocycles. The maximum Gasteiger partial charge on any atom is 0.258 e. The molecule has 6 heteroatoms. The van der Waals surface area contributed by atoms with E-state index >= 15 is 0 Å². The Kier molecular flexibility index (Phi) is 5.68. The van der Waals surface area contributed by atoms with Gasteiger partial charge in [0.25, 0.3) is 8.32 Å². The molecule has 0 radical (unpaired) electrons. The summed E-state index contributed by atoms with van der Waals surface area (Å²) in [6.45, 7) is 7.99. The van der Waals surface area contributed by atoms with E-state index in [4.69, 9.17) is 14.2 Å². The van der Waals surface area contributed by atoms with Gasteiger partial charge in [-0.05, 0) is 42.1 Å². The van der Waals surface area contributed by atoms with Crippen LogP contribution in [0.5, 0.6) is 0 Å². The van der Waals surface area contributed by atoms with Crippen LogP contribution in [0.15, 0.2) is 60.7 Å². The van der Waals surface area contributed by atoms with Crippen LogP contribution in [0.1, 0.15) is 40.5 Å². The fourth-order valence-corrected chi connectivity index (χ4v) is 8.63. The van der Waals surface area contributed by atoms with Crippen LogP contribution >= 0.6 is 0 Å². The van der Waals surface area contributed by atoms with Crippen molar-refractivity contribution in [2.45, 2.75) is 76.0 Å². The summed E-state index contributed by atoms with van der Waals surface area (Å²) < 4.78 is 17.6. The Labute approximate surface area is 179 Å². The molecule has 0 bridgehead atoms. The molecule has 30 heavy (non-hydrogen) atoms. The van der Waals surface area contributed by atoms with Crippen molar-refractivity contribution in [2.24, 2.45) is 0 Å². The predicted molar refractivity (Wildman–Crippen MR) is 118 cm³/mol. The molecule has 3 unspecified atom stereocenters. The summed E-state index contributed by atoms with van der Waals surface area (Å²) in [7, 11) is -3.07. The Bertz CT molecular complexity index is 815. The van der Waals surface area contributed by atoms with E-state index in [0.717, 1.165) is 16.8 Å². The van der Waals surface area contributed by atoms with Gasteiger partial charge in [0.1, 0.15) is 12.2 Å². The van der Waals surface area contributed by atoms with Gasteiger partial charge >= 0.3 is 0 Å². The Morgan fingerprint density at radius 2 is 1.40 bits per heavy atom. The Hall–Kier alpha value is -1.54. The van der Waals surface area contributed by atoms with E-state index in [2.05, 4.69) is 13.8 Å². The molecule has 2 aliphatic rings. The zero-order chi connectivity index (χ0) is 21.6. The number of aliphatic hydroxyl groups excluding tert-OH is 1. The average Bonchev–Trinajstić information content (AvgIpc) is 3.20. The van der Waals surface area contributed by atoms with Gasteiger partial charge in [-0.15, -0.1) is 0 Å². The minimum Gasteiger partial charge on any atom is -0.424 e. The fraction of sp³-hybridized carbons (Fsp3) is 0.500. The summed E-state index contributed by atoms with van der Waals surface area (Å²) >= 11 is 0. The Balaban J connectivity index is 1.59. The monoisotopic (exact) mass is 428 g/mol. The maximum absolute atomic E-state index is 12.3. The van der Waals surface area contributed by atoms with E-state index in [-0.39, 0.29) is 17.2 Å². The maximum atomic E-state index is 12.3. The van der Waals surface area contributed by atoms with Crippen molar-refractivity contribution in [1.29, 1.82) is 0 Å². The van der Waals surface area contributed by atoms with E-state index in [1.165, 1.54) is 0 Å². The molecule has 2 aliphatic heterocycles. The van der Waals surface area contributed by atoms with Crippen LogP contribution in [0.25, 0.3) is 0 Å². The van der Waals surface area contributed by atoms with Gasteiger partial charge in [0, 0.05) is 0 Å². The first-order valence-electron chi connectivity index (χ1n) is 10.7. The second-order valence-electron chi connectivity index (χ2n) is 9.49. The van der Waals surface area contributed by atoms with Crippen molar-refractivity contribution in [2.75, 3.05) is 0 Å². The number of benzene rings is 2. The van der Waals surface area contributed by atoms with E-state index in [1.54, 1.807) is 0 Å². The molecule has 0 spiro atoms. The summed E-state index contributed by atoms with van der Waals surface area (Å²) in [5, 5.41) is 11.9. The molecule has 2 aromatic carbocycles. The number of hydrogen-bond acceptors (Lipinski definition) is 5. The molecule has 2 saturated heterocycles. The van der Waals surface area contributed by atoms with Crippen molar-refractivity contribution in [1.82, 2.24) is 0 Å². The summed E-state index contributed by atoms with van der Waals surface area (Å²) in [5.41, 5.74) is 0. The summed E-state index contributed by atoms with van der Waals surface area (Å²) in [4.78, 5) is 12.3. The third-order valence-electron chi connectivity index (χ3n) is 6.54. The standard InChI is InChI=1S/C24H32O5Si/c1-23(2,16-15-19-20-21(22(25)27-19)29-24(3,4)28-20)30(26,17-11-7-5-8-12-17)18-13-9-6-10-14-18/h5-14,19-22,25-26H,15-16H2,1-4H3/t19-,20?,21?,22?/m1/s1.